The van der Waals surface area contributed by atoms with Crippen molar-refractivity contribution >= 4 is 35.2 Å². The largest absolute Gasteiger partial charge is 0.342 e. The zero-order valence-corrected chi connectivity index (χ0v) is 19.1. The Balaban J connectivity index is 1.51. The molecule has 2 aliphatic heterocycles. The normalized spacial score (nSPS) is 18.4. The number of amides is 2. The van der Waals surface area contributed by atoms with Crippen LogP contribution >= 0.6 is 23.4 Å². The lowest BCUT2D eigenvalue weighted by atomic mass is 10.00. The van der Waals surface area contributed by atoms with Crippen molar-refractivity contribution in [2.24, 2.45) is 0 Å². The van der Waals surface area contributed by atoms with Crippen LogP contribution in [0.4, 0.5) is 0 Å². The van der Waals surface area contributed by atoms with Gasteiger partial charge in [-0.25, -0.2) is 0 Å². The highest BCUT2D eigenvalue weighted by Crippen LogP contribution is 2.45. The van der Waals surface area contributed by atoms with Gasteiger partial charge in [-0.2, -0.15) is 0 Å². The first-order valence-electron chi connectivity index (χ1n) is 11.1. The third-order valence-electron chi connectivity index (χ3n) is 6.17. The van der Waals surface area contributed by atoms with Crippen molar-refractivity contribution in [3.63, 3.8) is 0 Å². The van der Waals surface area contributed by atoms with Crippen LogP contribution in [-0.2, 0) is 4.79 Å². The van der Waals surface area contributed by atoms with Crippen molar-refractivity contribution in [2.45, 2.75) is 69.6 Å². The van der Waals surface area contributed by atoms with Crippen LogP contribution in [0.25, 0.3) is 0 Å². The number of likely N-dealkylation sites (tertiary alicyclic amines) is 1. The minimum Gasteiger partial charge on any atom is -0.342 e. The van der Waals surface area contributed by atoms with Gasteiger partial charge < -0.3 is 9.80 Å². The standard InChI is InChI=1S/C23H33ClN2O2S/c1-2-3-4-5-6-7-12-21(27)25-15-13-23(14-16-25)26(17-18-29-23)22(28)19-10-8-9-11-20(19)24/h8-11H,2-7,12-18H2,1H3. The molecule has 2 amide bonds. The van der Waals surface area contributed by atoms with Gasteiger partial charge in [-0.05, 0) is 31.4 Å². The van der Waals surface area contributed by atoms with Crippen molar-refractivity contribution in [3.05, 3.63) is 34.9 Å². The zero-order chi connectivity index (χ0) is 20.7. The van der Waals surface area contributed by atoms with Gasteiger partial charge in [-0.1, -0.05) is 62.8 Å². The quantitative estimate of drug-likeness (QED) is 0.498. The number of carbonyl (C=O) groups is 2. The molecule has 3 rings (SSSR count). The molecule has 4 nitrogen and oxygen atoms in total. The summed E-state index contributed by atoms with van der Waals surface area (Å²) in [5.41, 5.74) is 0.581. The van der Waals surface area contributed by atoms with Gasteiger partial charge in [0.05, 0.1) is 15.5 Å². The molecule has 0 aliphatic carbocycles. The number of rotatable bonds is 8. The van der Waals surface area contributed by atoms with E-state index < -0.39 is 0 Å². The van der Waals surface area contributed by atoms with Gasteiger partial charge in [0.1, 0.15) is 0 Å². The molecule has 29 heavy (non-hydrogen) atoms. The van der Waals surface area contributed by atoms with E-state index in [1.165, 1.54) is 25.7 Å². The van der Waals surface area contributed by atoms with Crippen LogP contribution in [0.15, 0.2) is 24.3 Å². The average molecular weight is 437 g/mol. The first kappa shape index (κ1) is 22.5. The molecule has 2 aliphatic rings. The molecule has 160 valence electrons. The van der Waals surface area contributed by atoms with E-state index in [1.54, 1.807) is 12.1 Å². The van der Waals surface area contributed by atoms with E-state index in [1.807, 2.05) is 33.7 Å². The van der Waals surface area contributed by atoms with Crippen molar-refractivity contribution in [1.29, 1.82) is 0 Å². The summed E-state index contributed by atoms with van der Waals surface area (Å²) >= 11 is 8.14. The number of nitrogens with zero attached hydrogens (tertiary/aromatic N) is 2. The van der Waals surface area contributed by atoms with Gasteiger partial charge in [0.25, 0.3) is 5.91 Å². The van der Waals surface area contributed by atoms with Crippen molar-refractivity contribution in [3.8, 4) is 0 Å². The second-order valence-electron chi connectivity index (χ2n) is 8.13. The Hall–Kier alpha value is -1.20. The van der Waals surface area contributed by atoms with E-state index >= 15 is 0 Å². The summed E-state index contributed by atoms with van der Waals surface area (Å²) in [5, 5.41) is 0.510. The summed E-state index contributed by atoms with van der Waals surface area (Å²) in [6.07, 6.45) is 9.56. The summed E-state index contributed by atoms with van der Waals surface area (Å²) in [5.74, 6) is 1.25. The van der Waals surface area contributed by atoms with Crippen LogP contribution in [0.3, 0.4) is 0 Å². The number of piperidine rings is 1. The van der Waals surface area contributed by atoms with Gasteiger partial charge in [-0.15, -0.1) is 11.8 Å². The monoisotopic (exact) mass is 436 g/mol. The Morgan fingerprint density at radius 1 is 1.03 bits per heavy atom. The number of halogens is 1. The van der Waals surface area contributed by atoms with Crippen molar-refractivity contribution in [1.82, 2.24) is 9.80 Å². The Labute approximate surface area is 184 Å². The maximum atomic E-state index is 13.2. The van der Waals surface area contributed by atoms with Crippen LogP contribution in [0.5, 0.6) is 0 Å². The Kier molecular flexibility index (Phi) is 8.31. The van der Waals surface area contributed by atoms with Crippen LogP contribution in [0.2, 0.25) is 5.02 Å². The molecule has 2 fully saturated rings. The van der Waals surface area contributed by atoms with Crippen LogP contribution < -0.4 is 0 Å². The summed E-state index contributed by atoms with van der Waals surface area (Å²) < 4.78 is 0. The van der Waals surface area contributed by atoms with Gasteiger partial charge in [0, 0.05) is 31.8 Å². The first-order chi connectivity index (χ1) is 14.1. The molecule has 2 saturated heterocycles. The Morgan fingerprint density at radius 2 is 1.72 bits per heavy atom. The molecule has 0 bridgehead atoms. The highest BCUT2D eigenvalue weighted by molar-refractivity contribution is 8.00. The maximum absolute atomic E-state index is 13.2. The highest BCUT2D eigenvalue weighted by atomic mass is 35.5. The fourth-order valence-electron chi connectivity index (χ4n) is 4.41. The summed E-state index contributed by atoms with van der Waals surface area (Å²) in [7, 11) is 0. The number of benzene rings is 1. The smallest absolute Gasteiger partial charge is 0.256 e. The molecule has 0 unspecified atom stereocenters. The summed E-state index contributed by atoms with van der Waals surface area (Å²) in [6.45, 7) is 4.46. The highest BCUT2D eigenvalue weighted by Gasteiger charge is 2.47. The van der Waals surface area contributed by atoms with Crippen molar-refractivity contribution < 1.29 is 9.59 Å². The van der Waals surface area contributed by atoms with Gasteiger partial charge in [0.15, 0.2) is 0 Å². The SMILES string of the molecule is CCCCCCCCC(=O)N1CCC2(CC1)SCCN2C(=O)c1ccccc1Cl. The first-order valence-corrected chi connectivity index (χ1v) is 12.4. The van der Waals surface area contributed by atoms with Crippen LogP contribution in [0, 0.1) is 0 Å². The predicted molar refractivity (Wildman–Crippen MR) is 121 cm³/mol. The topological polar surface area (TPSA) is 40.6 Å². The number of hydrogen-bond donors (Lipinski definition) is 0. The second-order valence-corrected chi connectivity index (χ2v) is 9.99. The van der Waals surface area contributed by atoms with Crippen LogP contribution in [0.1, 0.15) is 75.1 Å². The number of unbranched alkanes of at least 4 members (excludes halogenated alkanes) is 5. The van der Waals surface area contributed by atoms with E-state index in [0.29, 0.717) is 17.0 Å². The minimum atomic E-state index is -0.187. The van der Waals surface area contributed by atoms with Crippen molar-refractivity contribution in [2.75, 3.05) is 25.4 Å². The molecule has 0 atom stereocenters. The molecule has 1 aromatic rings. The van der Waals surface area contributed by atoms with Gasteiger partial charge in [-0.3, -0.25) is 9.59 Å². The molecule has 0 N–H and O–H groups in total. The Morgan fingerprint density at radius 3 is 2.45 bits per heavy atom. The molecular weight excluding hydrogens is 404 g/mol. The molecule has 1 aromatic carbocycles. The number of thioether (sulfide) groups is 1. The fourth-order valence-corrected chi connectivity index (χ4v) is 6.08. The molecule has 0 saturated carbocycles. The van der Waals surface area contributed by atoms with E-state index in [0.717, 1.165) is 51.1 Å². The Bertz CT molecular complexity index is 704. The lowest BCUT2D eigenvalue weighted by molar-refractivity contribution is -0.132. The lowest BCUT2D eigenvalue weighted by Crippen LogP contribution is -2.53. The number of carbonyl (C=O) groups excluding carboxylic acids is 2. The molecule has 2 heterocycles. The fraction of sp³-hybridized carbons (Fsp3) is 0.652. The third-order valence-corrected chi connectivity index (χ3v) is 8.05. The molecule has 0 radical (unpaired) electrons. The molecular formula is C23H33ClN2O2S. The zero-order valence-electron chi connectivity index (χ0n) is 17.5. The second kappa shape index (κ2) is 10.7. The molecule has 6 heteroatoms. The van der Waals surface area contributed by atoms with E-state index in [4.69, 9.17) is 11.6 Å². The summed E-state index contributed by atoms with van der Waals surface area (Å²) in [6, 6.07) is 7.29. The predicted octanol–water partition coefficient (Wildman–Crippen LogP) is 5.60. The van der Waals surface area contributed by atoms with E-state index in [9.17, 15) is 9.59 Å². The third kappa shape index (κ3) is 5.49. The average Bonchev–Trinajstić information content (AvgIpc) is 3.13. The molecule has 1 spiro atoms. The van der Waals surface area contributed by atoms with Gasteiger partial charge >= 0.3 is 0 Å². The number of hydrogen-bond acceptors (Lipinski definition) is 3. The van der Waals surface area contributed by atoms with Crippen LogP contribution in [-0.4, -0.2) is 51.9 Å². The van der Waals surface area contributed by atoms with Gasteiger partial charge in [0.2, 0.25) is 5.91 Å². The summed E-state index contributed by atoms with van der Waals surface area (Å²) in [4.78, 5) is 29.6. The lowest BCUT2D eigenvalue weighted by Gasteiger charge is -2.44. The van der Waals surface area contributed by atoms with E-state index in [-0.39, 0.29) is 16.7 Å². The van der Waals surface area contributed by atoms with E-state index in [2.05, 4.69) is 6.92 Å². The maximum Gasteiger partial charge on any atom is 0.256 e. The minimum absolute atomic E-state index is 0.0208. The molecule has 0 aromatic heterocycles.